The molecule has 182 valence electrons. The third-order valence-corrected chi connectivity index (χ3v) is 5.55. The van der Waals surface area contributed by atoms with E-state index in [-0.39, 0.29) is 24.3 Å². The van der Waals surface area contributed by atoms with Crippen LogP contribution in [0.1, 0.15) is 47.4 Å². The van der Waals surface area contributed by atoms with Crippen molar-refractivity contribution in [1.29, 1.82) is 0 Å². The van der Waals surface area contributed by atoms with Crippen LogP contribution < -0.4 is 10.6 Å². The van der Waals surface area contributed by atoms with E-state index in [1.165, 1.54) is 0 Å². The summed E-state index contributed by atoms with van der Waals surface area (Å²) < 4.78 is 5.30. The van der Waals surface area contributed by atoms with Gasteiger partial charge in [0, 0.05) is 48.7 Å². The highest BCUT2D eigenvalue weighted by atomic mass is 16.5. The predicted molar refractivity (Wildman–Crippen MR) is 133 cm³/mol. The Hall–Kier alpha value is -3.39. The van der Waals surface area contributed by atoms with E-state index in [0.29, 0.717) is 48.8 Å². The SMILES string of the molecule is CCCN(CCC)C(=O)c1ccc(NC(=O)CNc2cccc(C(=O)N3CCOCC3)c2)cc1. The molecule has 0 radical (unpaired) electrons. The van der Waals surface area contributed by atoms with Crippen LogP contribution in [0.2, 0.25) is 0 Å². The second-order valence-electron chi connectivity index (χ2n) is 8.26. The van der Waals surface area contributed by atoms with Gasteiger partial charge in [0.05, 0.1) is 19.8 Å². The third-order valence-electron chi connectivity index (χ3n) is 5.55. The Balaban J connectivity index is 1.52. The highest BCUT2D eigenvalue weighted by Crippen LogP contribution is 2.15. The van der Waals surface area contributed by atoms with E-state index in [4.69, 9.17) is 4.74 Å². The van der Waals surface area contributed by atoms with Gasteiger partial charge in [0.2, 0.25) is 5.91 Å². The van der Waals surface area contributed by atoms with Gasteiger partial charge in [-0.15, -0.1) is 0 Å². The Morgan fingerprint density at radius 3 is 2.24 bits per heavy atom. The van der Waals surface area contributed by atoms with E-state index in [2.05, 4.69) is 24.5 Å². The molecule has 1 fully saturated rings. The number of nitrogens with zero attached hydrogens (tertiary/aromatic N) is 2. The van der Waals surface area contributed by atoms with Crippen LogP contribution in [0.5, 0.6) is 0 Å². The van der Waals surface area contributed by atoms with Gasteiger partial charge < -0.3 is 25.2 Å². The molecule has 2 N–H and O–H groups in total. The van der Waals surface area contributed by atoms with Crippen molar-refractivity contribution in [2.75, 3.05) is 56.6 Å². The number of hydrogen-bond acceptors (Lipinski definition) is 5. The molecule has 34 heavy (non-hydrogen) atoms. The molecule has 1 aliphatic heterocycles. The van der Waals surface area contributed by atoms with Crippen molar-refractivity contribution in [2.45, 2.75) is 26.7 Å². The summed E-state index contributed by atoms with van der Waals surface area (Å²) in [5.41, 5.74) is 2.51. The molecule has 8 heteroatoms. The number of morpholine rings is 1. The summed E-state index contributed by atoms with van der Waals surface area (Å²) >= 11 is 0. The zero-order valence-corrected chi connectivity index (χ0v) is 20.0. The van der Waals surface area contributed by atoms with Crippen molar-refractivity contribution in [2.24, 2.45) is 0 Å². The zero-order valence-electron chi connectivity index (χ0n) is 20.0. The quantitative estimate of drug-likeness (QED) is 0.560. The normalized spacial score (nSPS) is 13.3. The second-order valence-corrected chi connectivity index (χ2v) is 8.26. The van der Waals surface area contributed by atoms with E-state index in [9.17, 15) is 14.4 Å². The van der Waals surface area contributed by atoms with Gasteiger partial charge in [-0.05, 0) is 55.3 Å². The molecular weight excluding hydrogens is 432 g/mol. The minimum Gasteiger partial charge on any atom is -0.378 e. The molecule has 0 bridgehead atoms. The maximum absolute atomic E-state index is 12.7. The first-order chi connectivity index (χ1) is 16.5. The van der Waals surface area contributed by atoms with Gasteiger partial charge in [-0.3, -0.25) is 14.4 Å². The van der Waals surface area contributed by atoms with Gasteiger partial charge in [-0.25, -0.2) is 0 Å². The summed E-state index contributed by atoms with van der Waals surface area (Å²) in [4.78, 5) is 41.4. The molecule has 2 aromatic carbocycles. The van der Waals surface area contributed by atoms with Crippen LogP contribution in [0.3, 0.4) is 0 Å². The Morgan fingerprint density at radius 2 is 1.59 bits per heavy atom. The van der Waals surface area contributed by atoms with Gasteiger partial charge in [-0.1, -0.05) is 19.9 Å². The number of carbonyl (C=O) groups excluding carboxylic acids is 3. The topological polar surface area (TPSA) is 91.0 Å². The smallest absolute Gasteiger partial charge is 0.254 e. The number of nitrogens with one attached hydrogen (secondary N) is 2. The molecule has 3 rings (SSSR count). The van der Waals surface area contributed by atoms with E-state index in [1.54, 1.807) is 47.4 Å². The lowest BCUT2D eigenvalue weighted by Gasteiger charge is -2.27. The Morgan fingerprint density at radius 1 is 0.912 bits per heavy atom. The van der Waals surface area contributed by atoms with Crippen molar-refractivity contribution >= 4 is 29.1 Å². The van der Waals surface area contributed by atoms with E-state index in [0.717, 1.165) is 25.9 Å². The molecule has 0 unspecified atom stereocenters. The fourth-order valence-corrected chi connectivity index (χ4v) is 3.83. The molecule has 1 saturated heterocycles. The van der Waals surface area contributed by atoms with Crippen molar-refractivity contribution < 1.29 is 19.1 Å². The average molecular weight is 467 g/mol. The minimum atomic E-state index is -0.220. The maximum atomic E-state index is 12.7. The Labute approximate surface area is 201 Å². The van der Waals surface area contributed by atoms with Crippen molar-refractivity contribution in [3.05, 3.63) is 59.7 Å². The molecule has 0 aliphatic carbocycles. The van der Waals surface area contributed by atoms with E-state index >= 15 is 0 Å². The summed E-state index contributed by atoms with van der Waals surface area (Å²) in [5.74, 6) is -0.250. The van der Waals surface area contributed by atoms with Crippen LogP contribution in [0, 0.1) is 0 Å². The summed E-state index contributed by atoms with van der Waals surface area (Å²) in [6, 6.07) is 14.1. The largest absolute Gasteiger partial charge is 0.378 e. The molecule has 0 spiro atoms. The van der Waals surface area contributed by atoms with Crippen molar-refractivity contribution in [3.63, 3.8) is 0 Å². The molecule has 1 aliphatic rings. The molecule has 1 heterocycles. The summed E-state index contributed by atoms with van der Waals surface area (Å²) in [6.07, 6.45) is 1.83. The third kappa shape index (κ3) is 7.05. The fourth-order valence-electron chi connectivity index (χ4n) is 3.83. The van der Waals surface area contributed by atoms with Crippen molar-refractivity contribution in [1.82, 2.24) is 9.80 Å². The number of anilines is 2. The highest BCUT2D eigenvalue weighted by molar-refractivity contribution is 5.97. The second kappa shape index (κ2) is 12.7. The molecule has 0 atom stereocenters. The Kier molecular flexibility index (Phi) is 9.46. The molecule has 3 amide bonds. The number of hydrogen-bond donors (Lipinski definition) is 2. The number of benzene rings is 2. The van der Waals surface area contributed by atoms with Gasteiger partial charge in [0.25, 0.3) is 11.8 Å². The lowest BCUT2D eigenvalue weighted by atomic mass is 10.1. The van der Waals surface area contributed by atoms with Gasteiger partial charge in [-0.2, -0.15) is 0 Å². The zero-order chi connectivity index (χ0) is 24.3. The first-order valence-corrected chi connectivity index (χ1v) is 11.9. The lowest BCUT2D eigenvalue weighted by molar-refractivity contribution is -0.114. The summed E-state index contributed by atoms with van der Waals surface area (Å²) in [7, 11) is 0. The first-order valence-electron chi connectivity index (χ1n) is 11.9. The monoisotopic (exact) mass is 466 g/mol. The number of rotatable bonds is 10. The summed E-state index contributed by atoms with van der Waals surface area (Å²) in [6.45, 7) is 7.89. The fraction of sp³-hybridized carbons (Fsp3) is 0.423. The number of carbonyl (C=O) groups is 3. The first kappa shape index (κ1) is 25.2. The minimum absolute atomic E-state index is 0.00903. The molecule has 0 aromatic heterocycles. The van der Waals surface area contributed by atoms with Crippen LogP contribution in [0.15, 0.2) is 48.5 Å². The maximum Gasteiger partial charge on any atom is 0.254 e. The van der Waals surface area contributed by atoms with Gasteiger partial charge >= 0.3 is 0 Å². The highest BCUT2D eigenvalue weighted by Gasteiger charge is 2.19. The van der Waals surface area contributed by atoms with Crippen LogP contribution in [-0.4, -0.2) is 73.5 Å². The van der Waals surface area contributed by atoms with E-state index in [1.807, 2.05) is 11.0 Å². The molecular formula is C26H34N4O4. The molecule has 0 saturated carbocycles. The molecule has 2 aromatic rings. The summed E-state index contributed by atoms with van der Waals surface area (Å²) in [5, 5.41) is 5.90. The van der Waals surface area contributed by atoms with Crippen LogP contribution in [0.25, 0.3) is 0 Å². The van der Waals surface area contributed by atoms with Gasteiger partial charge in [0.15, 0.2) is 0 Å². The van der Waals surface area contributed by atoms with E-state index < -0.39 is 0 Å². The molecule has 8 nitrogen and oxygen atoms in total. The van der Waals surface area contributed by atoms with Crippen LogP contribution in [0.4, 0.5) is 11.4 Å². The number of amides is 3. The van der Waals surface area contributed by atoms with Crippen LogP contribution >= 0.6 is 0 Å². The van der Waals surface area contributed by atoms with Crippen molar-refractivity contribution in [3.8, 4) is 0 Å². The standard InChI is InChI=1S/C26H34N4O4/c1-3-12-29(13-4-2)25(32)20-8-10-22(11-9-20)28-24(31)19-27-23-7-5-6-21(18-23)26(33)30-14-16-34-17-15-30/h5-11,18,27H,3-4,12-17,19H2,1-2H3,(H,28,31). The Bertz CT molecular complexity index is 965. The average Bonchev–Trinajstić information content (AvgIpc) is 2.87. The van der Waals surface area contributed by atoms with Crippen LogP contribution in [-0.2, 0) is 9.53 Å². The predicted octanol–water partition coefficient (Wildman–Crippen LogP) is 3.47. The lowest BCUT2D eigenvalue weighted by Crippen LogP contribution is -2.40. The number of ether oxygens (including phenoxy) is 1. The van der Waals surface area contributed by atoms with Gasteiger partial charge in [0.1, 0.15) is 0 Å².